The number of anilines is 2. The molecule has 0 aromatic heterocycles. The van der Waals surface area contributed by atoms with Gasteiger partial charge in [-0.25, -0.2) is 8.42 Å². The molecule has 1 aliphatic rings. The monoisotopic (exact) mass is 524 g/mol. The summed E-state index contributed by atoms with van der Waals surface area (Å²) in [4.78, 5) is 13.9. The van der Waals surface area contributed by atoms with Crippen molar-refractivity contribution in [1.29, 1.82) is 0 Å². The van der Waals surface area contributed by atoms with Gasteiger partial charge in [0.05, 0.1) is 28.2 Å². The van der Waals surface area contributed by atoms with Gasteiger partial charge in [-0.05, 0) is 74.4 Å². The van der Waals surface area contributed by atoms with Gasteiger partial charge in [0.15, 0.2) is 0 Å². The van der Waals surface area contributed by atoms with E-state index in [9.17, 15) is 18.3 Å². The Morgan fingerprint density at radius 3 is 2.57 bits per heavy atom. The second-order valence-corrected chi connectivity index (χ2v) is 11.7. The van der Waals surface area contributed by atoms with E-state index in [1.165, 1.54) is 17.4 Å². The van der Waals surface area contributed by atoms with E-state index >= 15 is 0 Å². The van der Waals surface area contributed by atoms with Crippen molar-refractivity contribution in [3.8, 4) is 11.5 Å². The van der Waals surface area contributed by atoms with E-state index in [0.717, 1.165) is 11.4 Å². The van der Waals surface area contributed by atoms with Crippen LogP contribution in [0.1, 0.15) is 25.0 Å². The van der Waals surface area contributed by atoms with E-state index in [1.807, 2.05) is 31.3 Å². The summed E-state index contributed by atoms with van der Waals surface area (Å²) in [6.07, 6.45) is -0.169. The number of carbonyl (C=O) groups is 1. The summed E-state index contributed by atoms with van der Waals surface area (Å²) >= 11 is 0. The Balaban J connectivity index is 1.49. The van der Waals surface area contributed by atoms with E-state index in [2.05, 4.69) is 4.90 Å². The first-order chi connectivity index (χ1) is 17.4. The first-order valence-corrected chi connectivity index (χ1v) is 13.4. The van der Waals surface area contributed by atoms with Crippen molar-refractivity contribution >= 4 is 27.4 Å². The Labute approximate surface area is 218 Å². The Morgan fingerprint density at radius 1 is 1.14 bits per heavy atom. The van der Waals surface area contributed by atoms with Crippen LogP contribution in [-0.2, 0) is 20.2 Å². The van der Waals surface area contributed by atoms with Crippen LogP contribution in [0.3, 0.4) is 0 Å². The number of ether oxygens (including phenoxy) is 2. The van der Waals surface area contributed by atoms with Crippen LogP contribution in [0.15, 0.2) is 71.6 Å². The molecule has 0 spiro atoms. The smallest absolute Gasteiger partial charge is 0.313 e. The quantitative estimate of drug-likeness (QED) is 0.465. The van der Waals surface area contributed by atoms with Crippen molar-refractivity contribution in [2.75, 3.05) is 36.5 Å². The molecule has 0 unspecified atom stereocenters. The summed E-state index contributed by atoms with van der Waals surface area (Å²) in [7, 11) is -0.433. The standard InChI is InChI=1S/C28H32N2O6S/c1-19-15-22(35-18-23-17-29(4)24-11-6-7-12-25(24)36-23)13-14-26(19)37(33,34)30(5)21-10-8-9-20(16-21)28(2,3)27(31)32/h6-16,23H,17-18H2,1-5H3,(H,31,32)/t23-/m0/s1. The zero-order chi connectivity index (χ0) is 27.0. The van der Waals surface area contributed by atoms with E-state index in [-0.39, 0.29) is 11.0 Å². The molecule has 1 heterocycles. The topological polar surface area (TPSA) is 96.4 Å². The normalized spacial score (nSPS) is 15.5. The fourth-order valence-electron chi connectivity index (χ4n) is 4.27. The highest BCUT2D eigenvalue weighted by Gasteiger charge is 2.31. The van der Waals surface area contributed by atoms with Crippen LogP contribution in [0.2, 0.25) is 0 Å². The minimum atomic E-state index is -3.90. The molecule has 0 saturated heterocycles. The molecular weight excluding hydrogens is 492 g/mol. The molecule has 3 aromatic rings. The molecule has 8 nitrogen and oxygen atoms in total. The Hall–Kier alpha value is -3.72. The Bertz CT molecular complexity index is 1420. The van der Waals surface area contributed by atoms with Crippen LogP contribution in [0.25, 0.3) is 0 Å². The summed E-state index contributed by atoms with van der Waals surface area (Å²) < 4.78 is 40.1. The van der Waals surface area contributed by atoms with E-state index in [1.54, 1.807) is 57.2 Å². The zero-order valence-corrected chi connectivity index (χ0v) is 22.5. The lowest BCUT2D eigenvalue weighted by Crippen LogP contribution is -2.41. The number of sulfonamides is 1. The van der Waals surface area contributed by atoms with E-state index in [0.29, 0.717) is 35.7 Å². The lowest BCUT2D eigenvalue weighted by atomic mass is 9.85. The minimum Gasteiger partial charge on any atom is -0.490 e. The summed E-state index contributed by atoms with van der Waals surface area (Å²) in [5, 5.41) is 9.55. The average molecular weight is 525 g/mol. The third-order valence-corrected chi connectivity index (χ3v) is 8.68. The average Bonchev–Trinajstić information content (AvgIpc) is 2.87. The molecule has 196 valence electrons. The van der Waals surface area contributed by atoms with E-state index in [4.69, 9.17) is 9.47 Å². The number of likely N-dealkylation sites (N-methyl/N-ethyl adjacent to an activating group) is 1. The maximum atomic E-state index is 13.5. The summed E-state index contributed by atoms with van der Waals surface area (Å²) in [6.45, 7) is 5.88. The predicted molar refractivity (Wildman–Crippen MR) is 143 cm³/mol. The van der Waals surface area contributed by atoms with Gasteiger partial charge in [-0.2, -0.15) is 0 Å². The van der Waals surface area contributed by atoms with Gasteiger partial charge in [-0.1, -0.05) is 24.3 Å². The molecule has 1 aliphatic heterocycles. The molecule has 0 radical (unpaired) electrons. The maximum Gasteiger partial charge on any atom is 0.313 e. The molecule has 1 N–H and O–H groups in total. The van der Waals surface area contributed by atoms with Crippen molar-refractivity contribution in [3.05, 3.63) is 77.9 Å². The number of aliphatic carboxylic acids is 1. The second kappa shape index (κ2) is 9.97. The second-order valence-electron chi connectivity index (χ2n) is 9.78. The van der Waals surface area contributed by atoms with Gasteiger partial charge in [-0.3, -0.25) is 9.10 Å². The Kier molecular flexibility index (Phi) is 7.10. The number of hydrogen-bond donors (Lipinski definition) is 1. The number of aryl methyl sites for hydroxylation is 1. The molecule has 3 aromatic carbocycles. The highest BCUT2D eigenvalue weighted by atomic mass is 32.2. The number of hydrogen-bond acceptors (Lipinski definition) is 6. The number of para-hydroxylation sites is 2. The van der Waals surface area contributed by atoms with Gasteiger partial charge >= 0.3 is 5.97 Å². The molecule has 4 rings (SSSR count). The van der Waals surface area contributed by atoms with E-state index < -0.39 is 21.4 Å². The number of nitrogens with zero attached hydrogens (tertiary/aromatic N) is 2. The molecule has 37 heavy (non-hydrogen) atoms. The van der Waals surface area contributed by atoms with Crippen LogP contribution >= 0.6 is 0 Å². The summed E-state index contributed by atoms with van der Waals surface area (Å²) in [6, 6.07) is 19.3. The third kappa shape index (κ3) is 5.22. The highest BCUT2D eigenvalue weighted by molar-refractivity contribution is 7.92. The molecule has 0 bridgehead atoms. The van der Waals surface area contributed by atoms with Gasteiger partial charge in [0.1, 0.15) is 24.2 Å². The van der Waals surface area contributed by atoms with Crippen molar-refractivity contribution in [2.45, 2.75) is 37.2 Å². The fraction of sp³-hybridized carbons (Fsp3) is 0.321. The first kappa shape index (κ1) is 26.3. The van der Waals surface area contributed by atoms with Gasteiger partial charge in [0.25, 0.3) is 10.0 Å². The van der Waals surface area contributed by atoms with Crippen LogP contribution in [0.4, 0.5) is 11.4 Å². The van der Waals surface area contributed by atoms with Crippen molar-refractivity contribution in [2.24, 2.45) is 0 Å². The summed E-state index contributed by atoms with van der Waals surface area (Å²) in [5.74, 6) is 0.367. The first-order valence-electron chi connectivity index (χ1n) is 11.9. The molecular formula is C28H32N2O6S. The number of carboxylic acid groups (broad SMARTS) is 1. The lowest BCUT2D eigenvalue weighted by molar-refractivity contribution is -0.142. The zero-order valence-electron chi connectivity index (χ0n) is 21.6. The highest BCUT2D eigenvalue weighted by Crippen LogP contribution is 2.33. The van der Waals surface area contributed by atoms with Crippen molar-refractivity contribution in [3.63, 3.8) is 0 Å². The van der Waals surface area contributed by atoms with Gasteiger partial charge in [0, 0.05) is 14.1 Å². The molecule has 1 atom stereocenters. The van der Waals surface area contributed by atoms with Crippen LogP contribution in [0, 0.1) is 6.92 Å². The largest absolute Gasteiger partial charge is 0.490 e. The molecule has 0 amide bonds. The number of benzene rings is 3. The minimum absolute atomic E-state index is 0.146. The maximum absolute atomic E-state index is 13.5. The number of carboxylic acids is 1. The van der Waals surface area contributed by atoms with Gasteiger partial charge < -0.3 is 19.5 Å². The van der Waals surface area contributed by atoms with Crippen molar-refractivity contribution in [1.82, 2.24) is 0 Å². The lowest BCUT2D eigenvalue weighted by Gasteiger charge is -2.33. The number of fused-ring (bicyclic) bond motifs is 1. The van der Waals surface area contributed by atoms with Gasteiger partial charge in [0.2, 0.25) is 0 Å². The molecule has 0 aliphatic carbocycles. The third-order valence-electron chi connectivity index (χ3n) is 6.73. The predicted octanol–water partition coefficient (Wildman–Crippen LogP) is 4.46. The molecule has 0 saturated carbocycles. The Morgan fingerprint density at radius 2 is 1.86 bits per heavy atom. The van der Waals surface area contributed by atoms with Crippen molar-refractivity contribution < 1.29 is 27.8 Å². The van der Waals surface area contributed by atoms with Crippen LogP contribution in [-0.4, -0.2) is 52.8 Å². The molecule has 0 fully saturated rings. The number of rotatable bonds is 8. The van der Waals surface area contributed by atoms with Crippen LogP contribution < -0.4 is 18.7 Å². The van der Waals surface area contributed by atoms with Gasteiger partial charge in [-0.15, -0.1) is 0 Å². The summed E-state index contributed by atoms with van der Waals surface area (Å²) in [5.41, 5.74) is 1.31. The fourth-order valence-corrected chi connectivity index (χ4v) is 5.66. The SMILES string of the molecule is Cc1cc(OC[C@@H]2CN(C)c3ccccc3O2)ccc1S(=O)(=O)N(C)c1cccc(C(C)(C)C(=O)O)c1. The van der Waals surface area contributed by atoms with Crippen LogP contribution in [0.5, 0.6) is 11.5 Å². The molecule has 9 heteroatoms.